The van der Waals surface area contributed by atoms with E-state index in [0.29, 0.717) is 17.2 Å². The SMILES string of the molecule is CS(=O)(=O)Oc1ccc(/C=C2/C(=N)N3N=C(Cc4ccccc4)SC3=NC2=O)cc1. The number of rotatable bonds is 5. The van der Waals surface area contributed by atoms with E-state index in [-0.39, 0.29) is 17.2 Å². The van der Waals surface area contributed by atoms with E-state index in [0.717, 1.165) is 16.9 Å². The second-order valence-corrected chi connectivity index (χ2v) is 9.15. The van der Waals surface area contributed by atoms with Gasteiger partial charge in [0.05, 0.1) is 11.8 Å². The molecular weight excluding hydrogens is 424 g/mol. The first kappa shape index (κ1) is 20.0. The number of hydrogen-bond acceptors (Lipinski definition) is 7. The van der Waals surface area contributed by atoms with Crippen LogP contribution in [-0.2, 0) is 21.3 Å². The van der Waals surface area contributed by atoms with Crippen molar-refractivity contribution < 1.29 is 17.4 Å². The van der Waals surface area contributed by atoms with Gasteiger partial charge in [-0.15, -0.1) is 0 Å². The Hall–Kier alpha value is -3.24. The van der Waals surface area contributed by atoms with Gasteiger partial charge in [0.25, 0.3) is 5.91 Å². The van der Waals surface area contributed by atoms with Crippen molar-refractivity contribution in [3.8, 4) is 5.75 Å². The number of thioether (sulfide) groups is 1. The van der Waals surface area contributed by atoms with Crippen LogP contribution in [0.1, 0.15) is 11.1 Å². The fourth-order valence-electron chi connectivity index (χ4n) is 2.83. The molecular formula is C20H16N4O4S2. The summed E-state index contributed by atoms with van der Waals surface area (Å²) in [5.74, 6) is -0.417. The zero-order valence-electron chi connectivity index (χ0n) is 15.8. The lowest BCUT2D eigenvalue weighted by Gasteiger charge is -2.20. The first-order valence-electron chi connectivity index (χ1n) is 8.81. The lowest BCUT2D eigenvalue weighted by atomic mass is 10.1. The van der Waals surface area contributed by atoms with E-state index >= 15 is 0 Å². The summed E-state index contributed by atoms with van der Waals surface area (Å²) in [6.45, 7) is 0. The Morgan fingerprint density at radius 2 is 1.83 bits per heavy atom. The highest BCUT2D eigenvalue weighted by Gasteiger charge is 2.35. The Bertz CT molecular complexity index is 1220. The summed E-state index contributed by atoms with van der Waals surface area (Å²) >= 11 is 1.28. The first-order valence-corrected chi connectivity index (χ1v) is 11.4. The van der Waals surface area contributed by atoms with Crippen molar-refractivity contribution in [1.82, 2.24) is 5.01 Å². The highest BCUT2D eigenvalue weighted by Crippen LogP contribution is 2.29. The number of benzene rings is 2. The van der Waals surface area contributed by atoms with Crippen LogP contribution in [0, 0.1) is 5.41 Å². The van der Waals surface area contributed by atoms with Gasteiger partial charge in [-0.3, -0.25) is 10.2 Å². The molecule has 0 radical (unpaired) electrons. The van der Waals surface area contributed by atoms with Crippen LogP contribution in [0.2, 0.25) is 0 Å². The third-order valence-corrected chi connectivity index (χ3v) is 5.54. The minimum atomic E-state index is -3.62. The lowest BCUT2D eigenvalue weighted by Crippen LogP contribution is -2.35. The quantitative estimate of drug-likeness (QED) is 0.565. The van der Waals surface area contributed by atoms with E-state index in [4.69, 9.17) is 9.59 Å². The number of hydrogen-bond donors (Lipinski definition) is 1. The monoisotopic (exact) mass is 440 g/mol. The van der Waals surface area contributed by atoms with Crippen LogP contribution in [0.15, 0.2) is 70.3 Å². The van der Waals surface area contributed by atoms with Crippen LogP contribution in [0.4, 0.5) is 0 Å². The fraction of sp³-hybridized carbons (Fsp3) is 0.100. The van der Waals surface area contributed by atoms with Gasteiger partial charge in [0.2, 0.25) is 5.17 Å². The highest BCUT2D eigenvalue weighted by molar-refractivity contribution is 8.26. The average Bonchev–Trinajstić information content (AvgIpc) is 3.08. The van der Waals surface area contributed by atoms with Crippen LogP contribution in [0.3, 0.4) is 0 Å². The van der Waals surface area contributed by atoms with Gasteiger partial charge in [-0.25, -0.2) is 0 Å². The molecule has 0 saturated carbocycles. The summed E-state index contributed by atoms with van der Waals surface area (Å²) in [6, 6.07) is 15.9. The van der Waals surface area contributed by atoms with Crippen molar-refractivity contribution in [2.24, 2.45) is 10.1 Å². The predicted molar refractivity (Wildman–Crippen MR) is 117 cm³/mol. The Morgan fingerprint density at radius 1 is 1.13 bits per heavy atom. The summed E-state index contributed by atoms with van der Waals surface area (Å²) < 4.78 is 27.2. The highest BCUT2D eigenvalue weighted by atomic mass is 32.2. The van der Waals surface area contributed by atoms with Gasteiger partial charge in [0.1, 0.15) is 10.8 Å². The third-order valence-electron chi connectivity index (χ3n) is 4.13. The van der Waals surface area contributed by atoms with Gasteiger partial charge >= 0.3 is 10.1 Å². The standard InChI is InChI=1S/C20H16N4O4S2/c1-30(26,27)28-15-9-7-14(8-10-15)11-16-18(21)24-20(22-19(16)25)29-17(23-24)12-13-5-3-2-4-6-13/h2-11,21H,12H2,1H3/b16-11-,21-18?. The number of hydrazone groups is 1. The second kappa shape index (κ2) is 7.88. The molecule has 2 heterocycles. The topological polar surface area (TPSA) is 112 Å². The van der Waals surface area contributed by atoms with Gasteiger partial charge in [-0.05, 0) is 41.1 Å². The van der Waals surface area contributed by atoms with E-state index < -0.39 is 16.0 Å². The van der Waals surface area contributed by atoms with Crippen molar-refractivity contribution in [2.45, 2.75) is 6.42 Å². The van der Waals surface area contributed by atoms with E-state index in [1.807, 2.05) is 30.3 Å². The van der Waals surface area contributed by atoms with Crippen LogP contribution in [-0.4, -0.2) is 41.6 Å². The zero-order chi connectivity index (χ0) is 21.3. The van der Waals surface area contributed by atoms with E-state index in [1.165, 1.54) is 35.0 Å². The molecule has 1 amide bonds. The van der Waals surface area contributed by atoms with Crippen molar-refractivity contribution in [1.29, 1.82) is 5.41 Å². The number of amidine groups is 2. The van der Waals surface area contributed by atoms with Crippen LogP contribution >= 0.6 is 11.8 Å². The molecule has 2 aromatic carbocycles. The smallest absolute Gasteiger partial charge is 0.306 e. The summed E-state index contributed by atoms with van der Waals surface area (Å²) in [7, 11) is -3.62. The molecule has 10 heteroatoms. The van der Waals surface area contributed by atoms with E-state index in [2.05, 4.69) is 10.1 Å². The van der Waals surface area contributed by atoms with Gasteiger partial charge in [-0.2, -0.15) is 23.5 Å². The minimum absolute atomic E-state index is 0.0583. The molecule has 1 N–H and O–H groups in total. The normalized spacial score (nSPS) is 17.6. The van der Waals surface area contributed by atoms with Crippen LogP contribution in [0.5, 0.6) is 5.75 Å². The molecule has 0 unspecified atom stereocenters. The van der Waals surface area contributed by atoms with Gasteiger partial charge < -0.3 is 4.18 Å². The molecule has 2 aliphatic rings. The Balaban J connectivity index is 1.55. The largest absolute Gasteiger partial charge is 0.383 e. The first-order chi connectivity index (χ1) is 14.3. The molecule has 4 rings (SSSR count). The average molecular weight is 441 g/mol. The number of amides is 1. The molecule has 0 aliphatic carbocycles. The Labute approximate surface area is 177 Å². The molecule has 30 heavy (non-hydrogen) atoms. The second-order valence-electron chi connectivity index (χ2n) is 6.53. The number of fused-ring (bicyclic) bond motifs is 1. The molecule has 152 valence electrons. The van der Waals surface area contributed by atoms with Crippen LogP contribution in [0.25, 0.3) is 6.08 Å². The third kappa shape index (κ3) is 4.50. The van der Waals surface area contributed by atoms with Crippen molar-refractivity contribution in [3.05, 3.63) is 71.3 Å². The van der Waals surface area contributed by atoms with Crippen LogP contribution < -0.4 is 4.18 Å². The predicted octanol–water partition coefficient (Wildman–Crippen LogP) is 2.89. The minimum Gasteiger partial charge on any atom is -0.383 e. The molecule has 0 fully saturated rings. The number of aliphatic imine (C=N–C) groups is 1. The molecule has 8 nitrogen and oxygen atoms in total. The number of carbonyl (C=O) groups is 1. The van der Waals surface area contributed by atoms with E-state index in [9.17, 15) is 13.2 Å². The maximum absolute atomic E-state index is 12.5. The fourth-order valence-corrected chi connectivity index (χ4v) is 4.21. The number of nitrogens with zero attached hydrogens (tertiary/aromatic N) is 3. The molecule has 0 spiro atoms. The van der Waals surface area contributed by atoms with Crippen molar-refractivity contribution in [3.63, 3.8) is 0 Å². The molecule has 2 aromatic rings. The Morgan fingerprint density at radius 3 is 2.50 bits per heavy atom. The summed E-state index contributed by atoms with van der Waals surface area (Å²) in [4.78, 5) is 16.5. The summed E-state index contributed by atoms with van der Waals surface area (Å²) in [5.41, 5.74) is 1.78. The molecule has 0 bridgehead atoms. The maximum atomic E-state index is 12.5. The van der Waals surface area contributed by atoms with E-state index in [1.54, 1.807) is 12.1 Å². The van der Waals surface area contributed by atoms with Crippen molar-refractivity contribution >= 4 is 49.9 Å². The number of nitrogens with one attached hydrogen (secondary N) is 1. The van der Waals surface area contributed by atoms with Gasteiger partial charge in [0.15, 0.2) is 5.84 Å². The lowest BCUT2D eigenvalue weighted by molar-refractivity contribution is -0.114. The molecule has 0 atom stereocenters. The molecule has 0 saturated heterocycles. The summed E-state index contributed by atoms with van der Waals surface area (Å²) in [5, 5.41) is 15.3. The van der Waals surface area contributed by atoms with Crippen molar-refractivity contribution in [2.75, 3.05) is 6.26 Å². The molecule has 2 aliphatic heterocycles. The number of carbonyl (C=O) groups excluding carboxylic acids is 1. The summed E-state index contributed by atoms with van der Waals surface area (Å²) in [6.07, 6.45) is 3.06. The zero-order valence-corrected chi connectivity index (χ0v) is 17.4. The van der Waals surface area contributed by atoms with Gasteiger partial charge in [-0.1, -0.05) is 42.5 Å². The molecule has 0 aromatic heterocycles. The Kier molecular flexibility index (Phi) is 5.27. The van der Waals surface area contributed by atoms with Gasteiger partial charge in [0, 0.05) is 6.42 Å². The maximum Gasteiger partial charge on any atom is 0.306 e.